The van der Waals surface area contributed by atoms with Crippen LogP contribution < -0.4 is 15.4 Å². The molecule has 1 aromatic heterocycles. The van der Waals surface area contributed by atoms with Crippen molar-refractivity contribution in [2.45, 2.75) is 12.1 Å². The molecule has 5 rings (SSSR count). The monoisotopic (exact) mass is 427 g/mol. The van der Waals surface area contributed by atoms with Gasteiger partial charge in [-0.05, 0) is 23.8 Å². The van der Waals surface area contributed by atoms with Crippen molar-refractivity contribution in [3.05, 3.63) is 64.9 Å². The van der Waals surface area contributed by atoms with Crippen LogP contribution in [0.25, 0.3) is 11.0 Å². The molecule has 2 aliphatic rings. The summed E-state index contributed by atoms with van der Waals surface area (Å²) in [6, 6.07) is 7.16. The van der Waals surface area contributed by atoms with Gasteiger partial charge in [0.2, 0.25) is 0 Å². The van der Waals surface area contributed by atoms with Gasteiger partial charge in [-0.3, -0.25) is 14.9 Å². The number of benzene rings is 2. The van der Waals surface area contributed by atoms with Crippen LogP contribution in [0.1, 0.15) is 21.7 Å². The van der Waals surface area contributed by atoms with E-state index in [0.717, 1.165) is 11.6 Å². The zero-order chi connectivity index (χ0) is 21.9. The number of methoxy groups -OCH3 is 1. The van der Waals surface area contributed by atoms with E-state index in [1.807, 2.05) is 0 Å². The van der Waals surface area contributed by atoms with Crippen molar-refractivity contribution >= 4 is 28.8 Å². The normalized spacial score (nSPS) is 20.2. The second-order valence-corrected chi connectivity index (χ2v) is 7.41. The van der Waals surface area contributed by atoms with E-state index in [2.05, 4.69) is 10.6 Å². The summed E-state index contributed by atoms with van der Waals surface area (Å²) >= 11 is 0. The van der Waals surface area contributed by atoms with Crippen molar-refractivity contribution in [2.75, 3.05) is 13.7 Å². The molecule has 158 valence electrons. The van der Waals surface area contributed by atoms with E-state index in [1.54, 1.807) is 18.2 Å². The van der Waals surface area contributed by atoms with Crippen LogP contribution >= 0.6 is 0 Å². The molecule has 1 fully saturated rings. The van der Waals surface area contributed by atoms with E-state index in [4.69, 9.17) is 9.15 Å². The van der Waals surface area contributed by atoms with Gasteiger partial charge >= 0.3 is 6.03 Å². The standard InChI is InChI=1S/C21H15F2N3O5/c1-30-12-3-2-10-8-26(18(27)13(10)6-12)9-21(19(28)24-20(29)25-21)17-7-14-15(23)4-11(22)5-16(14)31-17/h2-7H,8-9H2,1H3,(H2,24,25,28,29)/t21-/m0/s1. The largest absolute Gasteiger partial charge is 0.497 e. The van der Waals surface area contributed by atoms with Gasteiger partial charge < -0.3 is 19.4 Å². The Balaban J connectivity index is 1.57. The number of nitrogens with one attached hydrogen (secondary N) is 2. The molecule has 1 saturated heterocycles. The molecule has 31 heavy (non-hydrogen) atoms. The first-order valence-corrected chi connectivity index (χ1v) is 9.29. The maximum atomic E-state index is 14.2. The summed E-state index contributed by atoms with van der Waals surface area (Å²) in [5, 5.41) is 4.58. The maximum absolute atomic E-state index is 14.2. The summed E-state index contributed by atoms with van der Waals surface area (Å²) < 4.78 is 38.5. The molecule has 0 aliphatic carbocycles. The van der Waals surface area contributed by atoms with Crippen molar-refractivity contribution in [1.29, 1.82) is 0 Å². The Morgan fingerprint density at radius 3 is 2.68 bits per heavy atom. The van der Waals surface area contributed by atoms with Gasteiger partial charge in [0.1, 0.15) is 28.7 Å². The Morgan fingerprint density at radius 2 is 1.97 bits per heavy atom. The first-order valence-electron chi connectivity index (χ1n) is 9.29. The van der Waals surface area contributed by atoms with Gasteiger partial charge in [0.15, 0.2) is 5.54 Å². The summed E-state index contributed by atoms with van der Waals surface area (Å²) in [5.74, 6) is -2.46. The first kappa shape index (κ1) is 19.0. The average Bonchev–Trinajstić information content (AvgIpc) is 3.37. The summed E-state index contributed by atoms with van der Waals surface area (Å²) in [7, 11) is 1.48. The van der Waals surface area contributed by atoms with Gasteiger partial charge in [0.05, 0.1) is 19.0 Å². The van der Waals surface area contributed by atoms with Crippen molar-refractivity contribution in [1.82, 2.24) is 15.5 Å². The highest BCUT2D eigenvalue weighted by atomic mass is 19.1. The Labute approximate surface area is 173 Å². The van der Waals surface area contributed by atoms with Crippen molar-refractivity contribution in [3.8, 4) is 5.75 Å². The molecule has 2 aliphatic heterocycles. The molecule has 4 amide bonds. The number of amides is 4. The molecular formula is C21H15F2N3O5. The van der Waals surface area contributed by atoms with Crippen LogP contribution in [0.3, 0.4) is 0 Å². The predicted molar refractivity (Wildman–Crippen MR) is 102 cm³/mol. The second kappa shape index (κ2) is 6.53. The molecule has 8 nitrogen and oxygen atoms in total. The quantitative estimate of drug-likeness (QED) is 0.623. The lowest BCUT2D eigenvalue weighted by molar-refractivity contribution is -0.125. The smallest absolute Gasteiger partial charge is 0.322 e. The minimum Gasteiger partial charge on any atom is -0.497 e. The van der Waals surface area contributed by atoms with Gasteiger partial charge in [0, 0.05) is 24.2 Å². The maximum Gasteiger partial charge on any atom is 0.322 e. The number of carbonyl (C=O) groups is 3. The summed E-state index contributed by atoms with van der Waals surface area (Å²) in [6.45, 7) is -0.0867. The highest BCUT2D eigenvalue weighted by Gasteiger charge is 2.53. The van der Waals surface area contributed by atoms with Crippen LogP contribution in [0.4, 0.5) is 13.6 Å². The molecule has 2 aromatic carbocycles. The van der Waals surface area contributed by atoms with Crippen LogP contribution in [0.15, 0.2) is 40.8 Å². The molecule has 1 atom stereocenters. The number of nitrogens with zero attached hydrogens (tertiary/aromatic N) is 1. The van der Waals surface area contributed by atoms with E-state index < -0.39 is 29.1 Å². The highest BCUT2D eigenvalue weighted by Crippen LogP contribution is 2.35. The summed E-state index contributed by atoms with van der Waals surface area (Å²) in [5.41, 5.74) is -0.789. The molecule has 0 saturated carbocycles. The summed E-state index contributed by atoms with van der Waals surface area (Å²) in [4.78, 5) is 39.2. The predicted octanol–water partition coefficient (Wildman–Crippen LogP) is 2.41. The number of hydrogen-bond acceptors (Lipinski definition) is 5. The third kappa shape index (κ3) is 2.82. The number of carbonyl (C=O) groups excluding carboxylic acids is 3. The minimum atomic E-state index is -1.80. The van der Waals surface area contributed by atoms with Gasteiger partial charge in [-0.2, -0.15) is 0 Å². The Bertz CT molecular complexity index is 1290. The minimum absolute atomic E-state index is 0.0505. The van der Waals surface area contributed by atoms with Crippen LogP contribution in [-0.4, -0.2) is 36.4 Å². The van der Waals surface area contributed by atoms with E-state index in [0.29, 0.717) is 17.4 Å². The van der Waals surface area contributed by atoms with Crippen molar-refractivity contribution < 1.29 is 32.3 Å². The van der Waals surface area contributed by atoms with Crippen LogP contribution in [0.2, 0.25) is 0 Å². The van der Waals surface area contributed by atoms with Gasteiger partial charge in [-0.25, -0.2) is 13.6 Å². The number of furan rings is 1. The molecule has 0 radical (unpaired) electrons. The molecule has 3 heterocycles. The first-order chi connectivity index (χ1) is 14.8. The third-order valence-electron chi connectivity index (χ3n) is 5.54. The molecule has 0 bridgehead atoms. The fraction of sp³-hybridized carbons (Fsp3) is 0.190. The molecule has 3 aromatic rings. The topological polar surface area (TPSA) is 101 Å². The van der Waals surface area contributed by atoms with E-state index in [1.165, 1.54) is 18.1 Å². The molecule has 2 N–H and O–H groups in total. The number of halogens is 2. The number of hydrogen-bond donors (Lipinski definition) is 2. The van der Waals surface area contributed by atoms with E-state index in [9.17, 15) is 23.2 Å². The number of fused-ring (bicyclic) bond motifs is 2. The van der Waals surface area contributed by atoms with Crippen molar-refractivity contribution in [2.24, 2.45) is 0 Å². The Kier molecular flexibility index (Phi) is 4.01. The van der Waals surface area contributed by atoms with Crippen molar-refractivity contribution in [3.63, 3.8) is 0 Å². The third-order valence-corrected chi connectivity index (χ3v) is 5.54. The average molecular weight is 427 g/mol. The number of urea groups is 1. The van der Waals surface area contributed by atoms with Gasteiger partial charge in [0.25, 0.3) is 11.8 Å². The van der Waals surface area contributed by atoms with E-state index in [-0.39, 0.29) is 35.7 Å². The lowest BCUT2D eigenvalue weighted by Crippen LogP contribution is -2.52. The second-order valence-electron chi connectivity index (χ2n) is 7.41. The zero-order valence-corrected chi connectivity index (χ0v) is 16.1. The molecule has 0 unspecified atom stereocenters. The Morgan fingerprint density at radius 1 is 1.16 bits per heavy atom. The fourth-order valence-electron chi connectivity index (χ4n) is 4.01. The van der Waals surface area contributed by atoms with Gasteiger partial charge in [-0.1, -0.05) is 6.07 Å². The van der Waals surface area contributed by atoms with E-state index >= 15 is 0 Å². The van der Waals surface area contributed by atoms with Crippen LogP contribution in [-0.2, 0) is 16.9 Å². The molecule has 10 heteroatoms. The van der Waals surface area contributed by atoms with Gasteiger partial charge in [-0.15, -0.1) is 0 Å². The number of imide groups is 1. The lowest BCUT2D eigenvalue weighted by atomic mass is 9.95. The highest BCUT2D eigenvalue weighted by molar-refractivity contribution is 6.08. The SMILES string of the molecule is COc1ccc2c(c1)C(=O)N(C[C@@]1(c3cc4c(F)cc(F)cc4o3)NC(=O)NC1=O)C2. The number of rotatable bonds is 4. The molecular weight excluding hydrogens is 412 g/mol. The summed E-state index contributed by atoms with van der Waals surface area (Å²) in [6.07, 6.45) is 0. The Hall–Kier alpha value is -3.95. The fourth-order valence-corrected chi connectivity index (χ4v) is 4.01. The van der Waals surface area contributed by atoms with Crippen LogP contribution in [0.5, 0.6) is 5.75 Å². The zero-order valence-electron chi connectivity index (χ0n) is 16.1. The lowest BCUT2D eigenvalue weighted by Gasteiger charge is -2.29. The van der Waals surface area contributed by atoms with Crippen LogP contribution in [0, 0.1) is 11.6 Å². The number of ether oxygens (including phenoxy) is 1. The molecule has 0 spiro atoms.